The van der Waals surface area contributed by atoms with Crippen LogP contribution in [0.25, 0.3) is 11.7 Å². The molecule has 7 nitrogen and oxygen atoms in total. The molecule has 2 unspecified atom stereocenters. The predicted octanol–water partition coefficient (Wildman–Crippen LogP) is 5.30. The monoisotopic (exact) mass is 464 g/mol. The first kappa shape index (κ1) is 26.8. The minimum absolute atomic E-state index is 0.0225. The first-order valence-corrected chi connectivity index (χ1v) is 11.5. The molecule has 2 aromatic heterocycles. The number of aromatic nitrogens is 3. The molecule has 0 aromatic carbocycles. The van der Waals surface area contributed by atoms with Crippen molar-refractivity contribution in [2.24, 2.45) is 0 Å². The minimum Gasteiger partial charge on any atom is -0.496 e. The molecule has 1 fully saturated rings. The molecular weight excluding hydrogens is 428 g/mol. The van der Waals surface area contributed by atoms with Crippen molar-refractivity contribution in [2.45, 2.75) is 51.5 Å². The Kier molecular flexibility index (Phi) is 11.0. The average Bonchev–Trinajstić information content (AvgIpc) is 3.10. The van der Waals surface area contributed by atoms with Gasteiger partial charge in [0.05, 0.1) is 19.7 Å². The zero-order valence-corrected chi connectivity index (χ0v) is 20.4. The largest absolute Gasteiger partial charge is 0.496 e. The van der Waals surface area contributed by atoms with E-state index >= 15 is 0 Å². The molecule has 2 N–H and O–H groups in total. The van der Waals surface area contributed by atoms with Crippen LogP contribution in [0.15, 0.2) is 73.3 Å². The summed E-state index contributed by atoms with van der Waals surface area (Å²) in [4.78, 5) is 15.9. The van der Waals surface area contributed by atoms with E-state index in [4.69, 9.17) is 14.8 Å². The molecule has 0 bridgehead atoms. The molecule has 0 spiro atoms. The molecule has 0 saturated carbocycles. The highest BCUT2D eigenvalue weighted by atomic mass is 16.5. The van der Waals surface area contributed by atoms with Crippen LogP contribution in [-0.2, 0) is 9.53 Å². The zero-order valence-electron chi connectivity index (χ0n) is 20.4. The highest BCUT2D eigenvalue weighted by Crippen LogP contribution is 2.25. The van der Waals surface area contributed by atoms with Gasteiger partial charge in [-0.15, -0.1) is 0 Å². The molecule has 1 saturated heterocycles. The number of nitrogens with one attached hydrogen (secondary N) is 1. The van der Waals surface area contributed by atoms with Gasteiger partial charge in [-0.1, -0.05) is 43.9 Å². The molecule has 7 heteroatoms. The van der Waals surface area contributed by atoms with Gasteiger partial charge in [0.25, 0.3) is 0 Å². The molecule has 0 amide bonds. The van der Waals surface area contributed by atoms with Crippen molar-refractivity contribution in [3.8, 4) is 0 Å². The molecule has 1 aliphatic rings. The van der Waals surface area contributed by atoms with Crippen LogP contribution in [0.5, 0.6) is 0 Å². The van der Waals surface area contributed by atoms with Crippen molar-refractivity contribution in [1.82, 2.24) is 19.9 Å². The van der Waals surface area contributed by atoms with Gasteiger partial charge in [0, 0.05) is 41.5 Å². The second-order valence-electron chi connectivity index (χ2n) is 8.05. The molecule has 3 heterocycles. The van der Waals surface area contributed by atoms with Gasteiger partial charge in [-0.2, -0.15) is 5.10 Å². The lowest BCUT2D eigenvalue weighted by atomic mass is 9.99. The maximum Gasteiger partial charge on any atom is 0.304 e. The van der Waals surface area contributed by atoms with Gasteiger partial charge in [-0.05, 0) is 44.9 Å². The van der Waals surface area contributed by atoms with Gasteiger partial charge in [0.15, 0.2) is 5.65 Å². The lowest BCUT2D eigenvalue weighted by molar-refractivity contribution is -0.137. The first-order valence-electron chi connectivity index (χ1n) is 11.5. The number of ether oxygens (including phenoxy) is 1. The standard InChI is InChI=1S/C23H28N4O3.C4H8/c1-4-6-21(30-3)16(2)9-10-18-15-25-27-12-11-20(26-23(18)27)17-7-5-8-19(24-14-17)13-22(28)29;1-3-4-2/h4,6,9-12,15,17,19,24H,1-2,5,7-8,13-14H2,3H3,(H,28,29);3-4H,1-2H3/b10-9+,21-6+;4-3-. The minimum atomic E-state index is -0.762. The summed E-state index contributed by atoms with van der Waals surface area (Å²) in [6, 6.07) is 2.01. The normalized spacial score (nSPS) is 19.0. The summed E-state index contributed by atoms with van der Waals surface area (Å²) < 4.78 is 7.06. The van der Waals surface area contributed by atoms with Crippen molar-refractivity contribution >= 4 is 17.7 Å². The first-order chi connectivity index (χ1) is 16.4. The number of carboxylic acids is 1. The van der Waals surface area contributed by atoms with E-state index in [-0.39, 0.29) is 18.4 Å². The van der Waals surface area contributed by atoms with Crippen molar-refractivity contribution in [3.05, 3.63) is 84.6 Å². The smallest absolute Gasteiger partial charge is 0.304 e. The molecule has 0 aliphatic carbocycles. The molecule has 2 atom stereocenters. The van der Waals surface area contributed by atoms with E-state index in [2.05, 4.69) is 23.6 Å². The highest BCUT2D eigenvalue weighted by Gasteiger charge is 2.22. The molecular formula is C27H36N4O3. The Balaban J connectivity index is 0.000000945. The van der Waals surface area contributed by atoms with E-state index in [9.17, 15) is 4.79 Å². The molecule has 0 radical (unpaired) electrons. The van der Waals surface area contributed by atoms with Crippen LogP contribution < -0.4 is 5.32 Å². The Labute approximate surface area is 202 Å². The fourth-order valence-corrected chi connectivity index (χ4v) is 3.69. The number of methoxy groups -OCH3 is 1. The number of hydrogen-bond acceptors (Lipinski definition) is 5. The van der Waals surface area contributed by atoms with Gasteiger partial charge < -0.3 is 15.2 Å². The van der Waals surface area contributed by atoms with E-state index in [1.54, 1.807) is 30.0 Å². The number of carbonyl (C=O) groups is 1. The van der Waals surface area contributed by atoms with Crippen molar-refractivity contribution in [3.63, 3.8) is 0 Å². The number of rotatable bonds is 8. The number of carboxylic acid groups (broad SMARTS) is 1. The molecule has 2 aromatic rings. The highest BCUT2D eigenvalue weighted by molar-refractivity contribution is 5.68. The number of allylic oxidation sites excluding steroid dienone is 5. The summed E-state index contributed by atoms with van der Waals surface area (Å²) in [6.07, 6.45) is 17.9. The lowest BCUT2D eigenvalue weighted by Gasteiger charge is -2.16. The fraction of sp³-hybridized carbons (Fsp3) is 0.370. The Morgan fingerprint density at radius 2 is 2.12 bits per heavy atom. The van der Waals surface area contributed by atoms with E-state index in [1.807, 2.05) is 50.4 Å². The number of fused-ring (bicyclic) bond motifs is 1. The predicted molar refractivity (Wildman–Crippen MR) is 138 cm³/mol. The summed E-state index contributed by atoms with van der Waals surface area (Å²) in [6.45, 7) is 12.4. The molecule has 34 heavy (non-hydrogen) atoms. The Morgan fingerprint density at radius 1 is 1.35 bits per heavy atom. The molecule has 1 aliphatic heterocycles. The third-order valence-electron chi connectivity index (χ3n) is 5.62. The second-order valence-corrected chi connectivity index (χ2v) is 8.05. The summed E-state index contributed by atoms with van der Waals surface area (Å²) >= 11 is 0. The van der Waals surface area contributed by atoms with Crippen LogP contribution in [0, 0.1) is 0 Å². The van der Waals surface area contributed by atoms with Crippen LogP contribution in [0.2, 0.25) is 0 Å². The van der Waals surface area contributed by atoms with Crippen molar-refractivity contribution in [1.29, 1.82) is 0 Å². The number of hydrogen-bond donors (Lipinski definition) is 2. The maximum absolute atomic E-state index is 11.0. The quantitative estimate of drug-likeness (QED) is 0.313. The third kappa shape index (κ3) is 7.85. The number of aliphatic carboxylic acids is 1. The van der Waals surface area contributed by atoms with Crippen LogP contribution in [0.3, 0.4) is 0 Å². The molecule has 182 valence electrons. The summed E-state index contributed by atoms with van der Waals surface area (Å²) in [5.41, 5.74) is 3.38. The van der Waals surface area contributed by atoms with Gasteiger partial charge in [0.1, 0.15) is 5.76 Å². The van der Waals surface area contributed by atoms with Gasteiger partial charge in [-0.25, -0.2) is 9.50 Å². The van der Waals surface area contributed by atoms with Crippen LogP contribution in [0.1, 0.15) is 56.7 Å². The second kappa shape index (κ2) is 14.0. The van der Waals surface area contributed by atoms with Gasteiger partial charge >= 0.3 is 5.97 Å². The van der Waals surface area contributed by atoms with E-state index in [1.165, 1.54) is 0 Å². The van der Waals surface area contributed by atoms with Gasteiger partial charge in [-0.3, -0.25) is 4.79 Å². The summed E-state index contributed by atoms with van der Waals surface area (Å²) in [7, 11) is 1.60. The van der Waals surface area contributed by atoms with Crippen LogP contribution in [0.4, 0.5) is 0 Å². The summed E-state index contributed by atoms with van der Waals surface area (Å²) in [5, 5.41) is 16.8. The van der Waals surface area contributed by atoms with E-state index < -0.39 is 5.97 Å². The molecule has 3 rings (SSSR count). The summed E-state index contributed by atoms with van der Waals surface area (Å²) in [5.74, 6) is 0.125. The van der Waals surface area contributed by atoms with E-state index in [0.29, 0.717) is 5.76 Å². The van der Waals surface area contributed by atoms with Crippen LogP contribution in [-0.4, -0.2) is 45.4 Å². The fourth-order valence-electron chi connectivity index (χ4n) is 3.69. The Hall–Kier alpha value is -3.45. The Bertz CT molecular complexity index is 1060. The van der Waals surface area contributed by atoms with Crippen molar-refractivity contribution in [2.75, 3.05) is 13.7 Å². The van der Waals surface area contributed by atoms with E-state index in [0.717, 1.165) is 48.3 Å². The topological polar surface area (TPSA) is 88.8 Å². The van der Waals surface area contributed by atoms with Crippen molar-refractivity contribution < 1.29 is 14.6 Å². The lowest BCUT2D eigenvalue weighted by Crippen LogP contribution is -2.32. The maximum atomic E-state index is 11.0. The zero-order chi connectivity index (χ0) is 24.9. The van der Waals surface area contributed by atoms with Gasteiger partial charge in [0.2, 0.25) is 0 Å². The third-order valence-corrected chi connectivity index (χ3v) is 5.62. The average molecular weight is 465 g/mol. The Morgan fingerprint density at radius 3 is 2.76 bits per heavy atom. The number of nitrogens with zero attached hydrogens (tertiary/aromatic N) is 3. The SMILES string of the molecule is C/C=C\C.C=C/C=C(/OC)C(=C)/C=C/c1cnn2ccc(C3CCCC(CC(=O)O)NC3)nc12. The van der Waals surface area contributed by atoms with Crippen LogP contribution >= 0.6 is 0 Å².